The lowest BCUT2D eigenvalue weighted by Crippen LogP contribution is -2.35. The Balaban J connectivity index is 1.78. The zero-order chi connectivity index (χ0) is 22.0. The molecule has 1 atom stereocenters. The highest BCUT2D eigenvalue weighted by Gasteiger charge is 2.24. The van der Waals surface area contributed by atoms with Crippen LogP contribution in [0.15, 0.2) is 66.0 Å². The lowest BCUT2D eigenvalue weighted by Gasteiger charge is -2.20. The quantitative estimate of drug-likeness (QED) is 0.513. The van der Waals surface area contributed by atoms with Gasteiger partial charge in [0, 0.05) is 37.9 Å². The normalized spacial score (nSPS) is 11.8. The van der Waals surface area contributed by atoms with Crippen LogP contribution in [0, 0.1) is 0 Å². The molecule has 3 heterocycles. The molecule has 0 aliphatic heterocycles. The summed E-state index contributed by atoms with van der Waals surface area (Å²) < 4.78 is 13.9. The van der Waals surface area contributed by atoms with Crippen LogP contribution in [0.3, 0.4) is 0 Å². The van der Waals surface area contributed by atoms with Crippen molar-refractivity contribution >= 4 is 11.6 Å². The van der Waals surface area contributed by atoms with E-state index in [0.29, 0.717) is 28.5 Å². The number of nitrogens with one attached hydrogen (secondary N) is 1. The van der Waals surface area contributed by atoms with E-state index in [9.17, 15) is 9.59 Å². The molecule has 31 heavy (non-hydrogen) atoms. The summed E-state index contributed by atoms with van der Waals surface area (Å²) in [6, 6.07) is 9.82. The van der Waals surface area contributed by atoms with Gasteiger partial charge in [0.2, 0.25) is 0 Å². The molecule has 0 radical (unpaired) electrons. The fourth-order valence-corrected chi connectivity index (χ4v) is 3.34. The van der Waals surface area contributed by atoms with Crippen LogP contribution in [-0.2, 0) is 7.05 Å². The van der Waals surface area contributed by atoms with Crippen molar-refractivity contribution in [2.24, 2.45) is 7.05 Å². The molecule has 1 amide bonds. The Morgan fingerprint density at radius 3 is 2.45 bits per heavy atom. The summed E-state index contributed by atoms with van der Waals surface area (Å²) in [5, 5.41) is 2.91. The average molecular weight is 419 g/mol. The van der Waals surface area contributed by atoms with Crippen molar-refractivity contribution < 1.29 is 14.3 Å². The Bertz CT molecular complexity index is 1290. The average Bonchev–Trinajstić information content (AvgIpc) is 3.22. The van der Waals surface area contributed by atoms with Gasteiger partial charge >= 0.3 is 0 Å². The maximum atomic E-state index is 13.1. The van der Waals surface area contributed by atoms with Crippen molar-refractivity contribution in [3.05, 3.63) is 88.5 Å². The van der Waals surface area contributed by atoms with E-state index in [1.807, 2.05) is 7.05 Å². The predicted molar refractivity (Wildman–Crippen MR) is 114 cm³/mol. The predicted octanol–water partition coefficient (Wildman–Crippen LogP) is 1.96. The number of nitrogens with zero attached hydrogens (tertiary/aromatic N) is 4. The molecule has 0 saturated carbocycles. The molecular weight excluding hydrogens is 398 g/mol. The van der Waals surface area contributed by atoms with Crippen LogP contribution in [0.2, 0.25) is 0 Å². The van der Waals surface area contributed by atoms with Crippen LogP contribution in [0.1, 0.15) is 27.8 Å². The van der Waals surface area contributed by atoms with Gasteiger partial charge in [-0.3, -0.25) is 14.0 Å². The number of hydrogen-bond donors (Lipinski definition) is 1. The third-order valence-electron chi connectivity index (χ3n) is 4.96. The second-order valence-corrected chi connectivity index (χ2v) is 6.85. The number of rotatable bonds is 6. The second kappa shape index (κ2) is 8.31. The summed E-state index contributed by atoms with van der Waals surface area (Å²) in [4.78, 5) is 34.6. The number of imidazole rings is 1. The second-order valence-electron chi connectivity index (χ2n) is 6.85. The number of hydrogen-bond acceptors (Lipinski definition) is 6. The van der Waals surface area contributed by atoms with Gasteiger partial charge in [0.15, 0.2) is 0 Å². The maximum Gasteiger partial charge on any atom is 0.270 e. The molecule has 3 aromatic heterocycles. The molecule has 1 aromatic carbocycles. The number of pyridine rings is 1. The molecule has 0 spiro atoms. The van der Waals surface area contributed by atoms with Gasteiger partial charge in [-0.25, -0.2) is 9.97 Å². The van der Waals surface area contributed by atoms with E-state index >= 15 is 0 Å². The Hall–Kier alpha value is -4.14. The van der Waals surface area contributed by atoms with E-state index in [2.05, 4.69) is 15.3 Å². The van der Waals surface area contributed by atoms with Gasteiger partial charge in [0.05, 0.1) is 14.2 Å². The Labute approximate surface area is 177 Å². The topological polar surface area (TPSA) is 99.8 Å². The van der Waals surface area contributed by atoms with Crippen molar-refractivity contribution in [1.82, 2.24) is 24.3 Å². The number of fused-ring (bicyclic) bond motifs is 1. The molecule has 9 heteroatoms. The van der Waals surface area contributed by atoms with Crippen LogP contribution in [-0.4, -0.2) is 39.1 Å². The smallest absolute Gasteiger partial charge is 0.270 e. The van der Waals surface area contributed by atoms with E-state index in [1.54, 1.807) is 73.8 Å². The number of carbonyl (C=O) groups excluding carboxylic acids is 1. The minimum absolute atomic E-state index is 0.0715. The largest absolute Gasteiger partial charge is 0.497 e. The van der Waals surface area contributed by atoms with Crippen LogP contribution in [0.4, 0.5) is 0 Å². The number of benzene rings is 1. The first-order chi connectivity index (χ1) is 15.0. The Morgan fingerprint density at radius 1 is 1.06 bits per heavy atom. The first-order valence-electron chi connectivity index (χ1n) is 9.49. The third kappa shape index (κ3) is 3.85. The number of aromatic nitrogens is 4. The summed E-state index contributed by atoms with van der Waals surface area (Å²) in [7, 11) is 4.93. The molecule has 1 N–H and O–H groups in total. The fourth-order valence-electron chi connectivity index (χ4n) is 3.34. The zero-order valence-corrected chi connectivity index (χ0v) is 17.3. The van der Waals surface area contributed by atoms with Crippen LogP contribution in [0.5, 0.6) is 11.5 Å². The van der Waals surface area contributed by atoms with Gasteiger partial charge in [-0.05, 0) is 29.8 Å². The van der Waals surface area contributed by atoms with Gasteiger partial charge in [-0.15, -0.1) is 0 Å². The van der Waals surface area contributed by atoms with Crippen molar-refractivity contribution in [1.29, 1.82) is 0 Å². The molecule has 1 unspecified atom stereocenters. The molecule has 4 rings (SSSR count). The van der Waals surface area contributed by atoms with Crippen molar-refractivity contribution in [2.75, 3.05) is 14.2 Å². The lowest BCUT2D eigenvalue weighted by molar-refractivity contribution is 0.0939. The van der Waals surface area contributed by atoms with Gasteiger partial charge in [0.25, 0.3) is 11.5 Å². The van der Waals surface area contributed by atoms with E-state index in [-0.39, 0.29) is 5.56 Å². The maximum absolute atomic E-state index is 13.1. The minimum Gasteiger partial charge on any atom is -0.497 e. The lowest BCUT2D eigenvalue weighted by atomic mass is 10.0. The van der Waals surface area contributed by atoms with Gasteiger partial charge in [0.1, 0.15) is 34.6 Å². The molecule has 0 saturated heterocycles. The van der Waals surface area contributed by atoms with Crippen molar-refractivity contribution in [3.63, 3.8) is 0 Å². The molecule has 0 aliphatic rings. The van der Waals surface area contributed by atoms with Gasteiger partial charge < -0.3 is 19.4 Å². The van der Waals surface area contributed by atoms with Crippen LogP contribution >= 0.6 is 0 Å². The summed E-state index contributed by atoms with van der Waals surface area (Å²) >= 11 is 0. The SMILES string of the molecule is COc1cc(OC)cc(C(NC(=O)c2cnc3ccccn3c2=O)c2nccn2C)c1. The summed E-state index contributed by atoms with van der Waals surface area (Å²) in [5.41, 5.74) is 0.623. The highest BCUT2D eigenvalue weighted by molar-refractivity contribution is 5.94. The molecule has 0 bridgehead atoms. The van der Waals surface area contributed by atoms with E-state index in [4.69, 9.17) is 9.47 Å². The number of methoxy groups -OCH3 is 2. The minimum atomic E-state index is -0.660. The summed E-state index contributed by atoms with van der Waals surface area (Å²) in [5.74, 6) is 1.15. The Kier molecular flexibility index (Phi) is 5.40. The van der Waals surface area contributed by atoms with Gasteiger partial charge in [-0.1, -0.05) is 6.07 Å². The Morgan fingerprint density at radius 2 is 1.81 bits per heavy atom. The van der Waals surface area contributed by atoms with E-state index in [1.165, 1.54) is 10.6 Å². The molecule has 4 aromatic rings. The third-order valence-corrected chi connectivity index (χ3v) is 4.96. The molecule has 158 valence electrons. The highest BCUT2D eigenvalue weighted by Crippen LogP contribution is 2.29. The van der Waals surface area contributed by atoms with Crippen LogP contribution in [0.25, 0.3) is 5.65 Å². The molecular formula is C22H21N5O4. The summed E-state index contributed by atoms with van der Waals surface area (Å²) in [6.07, 6.45) is 6.27. The number of aryl methyl sites for hydroxylation is 1. The standard InChI is InChI=1S/C22H21N5O4/c1-26-9-7-23-20(26)19(14-10-15(30-2)12-16(11-14)31-3)25-21(28)17-13-24-18-6-4-5-8-27(18)22(17)29/h4-13,19H,1-3H3,(H,25,28). The van der Waals surface area contributed by atoms with Crippen molar-refractivity contribution in [3.8, 4) is 11.5 Å². The van der Waals surface area contributed by atoms with E-state index in [0.717, 1.165) is 0 Å². The first kappa shape index (κ1) is 20.1. The summed E-state index contributed by atoms with van der Waals surface area (Å²) in [6.45, 7) is 0. The molecule has 9 nitrogen and oxygen atoms in total. The van der Waals surface area contributed by atoms with E-state index < -0.39 is 17.5 Å². The number of carbonyl (C=O) groups is 1. The van der Waals surface area contributed by atoms with Crippen molar-refractivity contribution in [2.45, 2.75) is 6.04 Å². The highest BCUT2D eigenvalue weighted by atomic mass is 16.5. The molecule has 0 fully saturated rings. The fraction of sp³-hybridized carbons (Fsp3) is 0.182. The number of ether oxygens (including phenoxy) is 2. The first-order valence-corrected chi connectivity index (χ1v) is 9.49. The van der Waals surface area contributed by atoms with Gasteiger partial charge in [-0.2, -0.15) is 0 Å². The zero-order valence-electron chi connectivity index (χ0n) is 17.3. The number of amides is 1. The monoisotopic (exact) mass is 419 g/mol. The molecule has 0 aliphatic carbocycles. The van der Waals surface area contributed by atoms with Crippen LogP contribution < -0.4 is 20.3 Å².